The first-order valence-electron chi connectivity index (χ1n) is 5.41. The molecule has 0 aliphatic carbocycles. The molecule has 0 bridgehead atoms. The minimum absolute atomic E-state index is 0.617. The molecule has 1 heterocycles. The van der Waals surface area contributed by atoms with Gasteiger partial charge in [-0.1, -0.05) is 29.8 Å². The first-order chi connectivity index (χ1) is 7.25. The fourth-order valence-electron chi connectivity index (χ4n) is 2.00. The van der Waals surface area contributed by atoms with Gasteiger partial charge in [-0.2, -0.15) is 0 Å². The molecular formula is C12H17ClN2. The van der Waals surface area contributed by atoms with Gasteiger partial charge in [0.05, 0.1) is 0 Å². The van der Waals surface area contributed by atoms with Crippen LogP contribution in [0.15, 0.2) is 24.3 Å². The Hall–Kier alpha value is -0.570. The van der Waals surface area contributed by atoms with Gasteiger partial charge in [-0.05, 0) is 31.6 Å². The zero-order valence-corrected chi connectivity index (χ0v) is 9.80. The van der Waals surface area contributed by atoms with Gasteiger partial charge in [0.2, 0.25) is 0 Å². The Morgan fingerprint density at radius 3 is 2.93 bits per heavy atom. The molecule has 3 heteroatoms. The number of rotatable bonds is 3. The average molecular weight is 225 g/mol. The standard InChI is InChI=1S/C12H17ClN2/c1-15-7-6-11(9-15)14-8-10-4-2-3-5-12(10)13/h2-5,11,14H,6-9H2,1H3. The number of nitrogens with zero attached hydrogens (tertiary/aromatic N) is 1. The molecule has 82 valence electrons. The normalized spacial score (nSPS) is 22.1. The molecule has 2 rings (SSSR count). The summed E-state index contributed by atoms with van der Waals surface area (Å²) in [4.78, 5) is 2.35. The highest BCUT2D eigenvalue weighted by atomic mass is 35.5. The van der Waals surface area contributed by atoms with E-state index in [1.54, 1.807) is 0 Å². The summed E-state index contributed by atoms with van der Waals surface area (Å²) in [7, 11) is 2.16. The summed E-state index contributed by atoms with van der Waals surface area (Å²) in [5.74, 6) is 0. The Bertz CT molecular complexity index is 327. The van der Waals surface area contributed by atoms with Crippen LogP contribution in [0.2, 0.25) is 5.02 Å². The maximum Gasteiger partial charge on any atom is 0.0450 e. The van der Waals surface area contributed by atoms with Crippen LogP contribution in [-0.4, -0.2) is 31.1 Å². The first-order valence-corrected chi connectivity index (χ1v) is 5.79. The lowest BCUT2D eigenvalue weighted by atomic mass is 10.2. The molecule has 0 spiro atoms. The monoisotopic (exact) mass is 224 g/mol. The zero-order chi connectivity index (χ0) is 10.7. The van der Waals surface area contributed by atoms with Gasteiger partial charge in [0, 0.05) is 24.2 Å². The van der Waals surface area contributed by atoms with Crippen LogP contribution in [0.3, 0.4) is 0 Å². The molecule has 1 unspecified atom stereocenters. The van der Waals surface area contributed by atoms with Crippen molar-refractivity contribution in [2.75, 3.05) is 20.1 Å². The van der Waals surface area contributed by atoms with Crippen molar-refractivity contribution in [3.05, 3.63) is 34.9 Å². The average Bonchev–Trinajstić information content (AvgIpc) is 2.63. The lowest BCUT2D eigenvalue weighted by molar-refractivity contribution is 0.397. The molecule has 0 radical (unpaired) electrons. The molecule has 0 aromatic heterocycles. The van der Waals surface area contributed by atoms with Gasteiger partial charge in [-0.25, -0.2) is 0 Å². The summed E-state index contributed by atoms with van der Waals surface area (Å²) in [5.41, 5.74) is 1.19. The summed E-state index contributed by atoms with van der Waals surface area (Å²) >= 11 is 6.09. The lowest BCUT2D eigenvalue weighted by Crippen LogP contribution is -2.30. The fraction of sp³-hybridized carbons (Fsp3) is 0.500. The highest BCUT2D eigenvalue weighted by molar-refractivity contribution is 6.31. The molecular weight excluding hydrogens is 208 g/mol. The van der Waals surface area contributed by atoms with Gasteiger partial charge < -0.3 is 10.2 Å². The third-order valence-electron chi connectivity index (χ3n) is 2.93. The molecule has 0 amide bonds. The van der Waals surface area contributed by atoms with Crippen LogP contribution in [0.5, 0.6) is 0 Å². The predicted octanol–water partition coefficient (Wildman–Crippen LogP) is 2.13. The maximum atomic E-state index is 6.09. The maximum absolute atomic E-state index is 6.09. The van der Waals surface area contributed by atoms with E-state index in [4.69, 9.17) is 11.6 Å². The van der Waals surface area contributed by atoms with E-state index in [1.165, 1.54) is 18.5 Å². The summed E-state index contributed by atoms with van der Waals surface area (Å²) in [6.07, 6.45) is 1.24. The Kier molecular flexibility index (Phi) is 3.62. The van der Waals surface area contributed by atoms with Crippen LogP contribution >= 0.6 is 11.6 Å². The summed E-state index contributed by atoms with van der Waals surface area (Å²) in [6, 6.07) is 8.64. The third-order valence-corrected chi connectivity index (χ3v) is 3.30. The van der Waals surface area contributed by atoms with Gasteiger partial charge in [0.15, 0.2) is 0 Å². The quantitative estimate of drug-likeness (QED) is 0.847. The second kappa shape index (κ2) is 4.97. The van der Waals surface area contributed by atoms with Crippen LogP contribution in [0, 0.1) is 0 Å². The Morgan fingerprint density at radius 1 is 1.47 bits per heavy atom. The van der Waals surface area contributed by atoms with Crippen LogP contribution < -0.4 is 5.32 Å². The molecule has 1 aromatic rings. The molecule has 1 aliphatic rings. The molecule has 1 atom stereocenters. The van der Waals surface area contributed by atoms with Crippen LogP contribution in [0.1, 0.15) is 12.0 Å². The predicted molar refractivity (Wildman–Crippen MR) is 64.2 cm³/mol. The molecule has 1 fully saturated rings. The van der Waals surface area contributed by atoms with E-state index in [0.29, 0.717) is 6.04 Å². The van der Waals surface area contributed by atoms with E-state index in [0.717, 1.165) is 18.1 Å². The first kappa shape index (κ1) is 10.9. The Morgan fingerprint density at radius 2 is 2.27 bits per heavy atom. The SMILES string of the molecule is CN1CCC(NCc2ccccc2Cl)C1. The number of likely N-dealkylation sites (N-methyl/N-ethyl adjacent to an activating group) is 1. The van der Waals surface area contributed by atoms with E-state index in [1.807, 2.05) is 18.2 Å². The minimum Gasteiger partial charge on any atom is -0.309 e. The van der Waals surface area contributed by atoms with E-state index < -0.39 is 0 Å². The van der Waals surface area contributed by atoms with Crippen molar-refractivity contribution in [2.45, 2.75) is 19.0 Å². The molecule has 1 aliphatic heterocycles. The number of halogens is 1. The molecule has 1 aromatic carbocycles. The number of nitrogens with one attached hydrogen (secondary N) is 1. The van der Waals surface area contributed by atoms with Gasteiger partial charge in [-0.3, -0.25) is 0 Å². The van der Waals surface area contributed by atoms with Crippen molar-refractivity contribution in [1.82, 2.24) is 10.2 Å². The van der Waals surface area contributed by atoms with Crippen LogP contribution in [0.25, 0.3) is 0 Å². The van der Waals surface area contributed by atoms with E-state index in [-0.39, 0.29) is 0 Å². The third kappa shape index (κ3) is 2.94. The topological polar surface area (TPSA) is 15.3 Å². The molecule has 15 heavy (non-hydrogen) atoms. The summed E-state index contributed by atoms with van der Waals surface area (Å²) in [5, 5.41) is 4.40. The van der Waals surface area contributed by atoms with Crippen molar-refractivity contribution >= 4 is 11.6 Å². The fourth-order valence-corrected chi connectivity index (χ4v) is 2.20. The number of benzene rings is 1. The van der Waals surface area contributed by atoms with E-state index >= 15 is 0 Å². The van der Waals surface area contributed by atoms with Crippen LogP contribution in [0.4, 0.5) is 0 Å². The minimum atomic E-state index is 0.617. The second-order valence-corrected chi connectivity index (χ2v) is 4.63. The van der Waals surface area contributed by atoms with Gasteiger partial charge >= 0.3 is 0 Å². The van der Waals surface area contributed by atoms with Crippen molar-refractivity contribution in [3.8, 4) is 0 Å². The highest BCUT2D eigenvalue weighted by Crippen LogP contribution is 2.15. The summed E-state index contributed by atoms with van der Waals surface area (Å²) in [6.45, 7) is 3.21. The van der Waals surface area contributed by atoms with Crippen molar-refractivity contribution < 1.29 is 0 Å². The number of hydrogen-bond donors (Lipinski definition) is 1. The molecule has 0 saturated carbocycles. The summed E-state index contributed by atoms with van der Waals surface area (Å²) < 4.78 is 0. The largest absolute Gasteiger partial charge is 0.309 e. The van der Waals surface area contributed by atoms with Crippen LogP contribution in [-0.2, 0) is 6.54 Å². The van der Waals surface area contributed by atoms with Crippen molar-refractivity contribution in [2.24, 2.45) is 0 Å². The van der Waals surface area contributed by atoms with Gasteiger partial charge in [0.25, 0.3) is 0 Å². The lowest BCUT2D eigenvalue weighted by Gasteiger charge is -2.13. The Balaban J connectivity index is 1.86. The van der Waals surface area contributed by atoms with Gasteiger partial charge in [-0.15, -0.1) is 0 Å². The molecule has 2 nitrogen and oxygen atoms in total. The second-order valence-electron chi connectivity index (χ2n) is 4.22. The van der Waals surface area contributed by atoms with E-state index in [2.05, 4.69) is 23.3 Å². The van der Waals surface area contributed by atoms with E-state index in [9.17, 15) is 0 Å². The smallest absolute Gasteiger partial charge is 0.0450 e. The highest BCUT2D eigenvalue weighted by Gasteiger charge is 2.18. The van der Waals surface area contributed by atoms with Crippen molar-refractivity contribution in [3.63, 3.8) is 0 Å². The Labute approximate surface area is 96.2 Å². The van der Waals surface area contributed by atoms with Crippen molar-refractivity contribution in [1.29, 1.82) is 0 Å². The van der Waals surface area contributed by atoms with Gasteiger partial charge in [0.1, 0.15) is 0 Å². The zero-order valence-electron chi connectivity index (χ0n) is 9.04. The molecule has 1 saturated heterocycles. The number of hydrogen-bond acceptors (Lipinski definition) is 2. The molecule has 1 N–H and O–H groups in total. The number of likely N-dealkylation sites (tertiary alicyclic amines) is 1.